The molecule has 1 aliphatic heterocycles. The first-order valence-electron chi connectivity index (χ1n) is 7.35. The first-order chi connectivity index (χ1) is 9.78. The highest BCUT2D eigenvalue weighted by Crippen LogP contribution is 2.21. The number of aromatic nitrogens is 2. The van der Waals surface area contributed by atoms with Crippen molar-refractivity contribution in [1.82, 2.24) is 19.8 Å². The van der Waals surface area contributed by atoms with Gasteiger partial charge < -0.3 is 9.88 Å². The molecule has 0 unspecified atom stereocenters. The number of hydrogen-bond donors (Lipinski definition) is 1. The maximum atomic E-state index is 4.84. The molecule has 3 rings (SSSR count). The molecule has 5 heteroatoms. The van der Waals surface area contributed by atoms with Crippen LogP contribution in [-0.2, 0) is 13.1 Å². The van der Waals surface area contributed by atoms with E-state index in [0.717, 1.165) is 49.3 Å². The molecule has 0 aliphatic carbocycles. The lowest BCUT2D eigenvalue weighted by Gasteiger charge is -2.19. The maximum absolute atomic E-state index is 4.84. The predicted octanol–water partition coefficient (Wildman–Crippen LogP) is 2.61. The standard InChI is InChI=1S/C15H21BrN4/c1-2-20-14-5-4-12(16)10-13(14)18-15(20)11-19-8-3-6-17-7-9-19/h4-5,10,17H,2-3,6-9,11H2,1H3. The molecule has 108 valence electrons. The molecule has 20 heavy (non-hydrogen) atoms. The normalized spacial score (nSPS) is 17.5. The second-order valence-electron chi connectivity index (χ2n) is 5.29. The summed E-state index contributed by atoms with van der Waals surface area (Å²) in [5.41, 5.74) is 2.32. The molecule has 4 nitrogen and oxygen atoms in total. The van der Waals surface area contributed by atoms with Gasteiger partial charge in [0.15, 0.2) is 0 Å². The summed E-state index contributed by atoms with van der Waals surface area (Å²) in [4.78, 5) is 7.34. The average Bonchev–Trinajstić information content (AvgIpc) is 2.61. The van der Waals surface area contributed by atoms with Crippen LogP contribution in [0.3, 0.4) is 0 Å². The summed E-state index contributed by atoms with van der Waals surface area (Å²) < 4.78 is 3.43. The summed E-state index contributed by atoms with van der Waals surface area (Å²) in [5, 5.41) is 3.45. The lowest BCUT2D eigenvalue weighted by Crippen LogP contribution is -2.29. The van der Waals surface area contributed by atoms with Gasteiger partial charge in [0.1, 0.15) is 5.82 Å². The lowest BCUT2D eigenvalue weighted by atomic mass is 10.3. The van der Waals surface area contributed by atoms with Crippen molar-refractivity contribution in [2.45, 2.75) is 26.4 Å². The molecule has 1 saturated heterocycles. The predicted molar refractivity (Wildman–Crippen MR) is 85.9 cm³/mol. The summed E-state index contributed by atoms with van der Waals surface area (Å²) in [7, 11) is 0. The van der Waals surface area contributed by atoms with Gasteiger partial charge in [0.25, 0.3) is 0 Å². The van der Waals surface area contributed by atoms with Gasteiger partial charge >= 0.3 is 0 Å². The van der Waals surface area contributed by atoms with E-state index in [1.807, 2.05) is 0 Å². The second kappa shape index (κ2) is 6.24. The van der Waals surface area contributed by atoms with E-state index in [2.05, 4.69) is 55.8 Å². The van der Waals surface area contributed by atoms with Crippen LogP contribution in [0.2, 0.25) is 0 Å². The number of benzene rings is 1. The SMILES string of the molecule is CCn1c(CN2CCCNCC2)nc2cc(Br)ccc21. The van der Waals surface area contributed by atoms with E-state index < -0.39 is 0 Å². The molecule has 1 aromatic heterocycles. The third-order valence-corrected chi connectivity index (χ3v) is 4.40. The third-order valence-electron chi connectivity index (χ3n) is 3.90. The number of rotatable bonds is 3. The Kier molecular flexibility index (Phi) is 4.38. The van der Waals surface area contributed by atoms with Crippen LogP contribution in [0.15, 0.2) is 22.7 Å². The molecule has 1 aromatic carbocycles. The number of hydrogen-bond acceptors (Lipinski definition) is 3. The monoisotopic (exact) mass is 336 g/mol. The molecule has 2 aromatic rings. The number of fused-ring (bicyclic) bond motifs is 1. The topological polar surface area (TPSA) is 33.1 Å². The molecule has 0 spiro atoms. The van der Waals surface area contributed by atoms with Crippen LogP contribution in [0.4, 0.5) is 0 Å². The van der Waals surface area contributed by atoms with Crippen LogP contribution in [0.25, 0.3) is 11.0 Å². The molecule has 2 heterocycles. The van der Waals surface area contributed by atoms with Gasteiger partial charge in [0, 0.05) is 24.1 Å². The Balaban J connectivity index is 1.89. The fourth-order valence-corrected chi connectivity index (χ4v) is 3.24. The Morgan fingerprint density at radius 2 is 2.20 bits per heavy atom. The Bertz CT molecular complexity index is 585. The molecule has 1 aliphatic rings. The molecular weight excluding hydrogens is 316 g/mol. The lowest BCUT2D eigenvalue weighted by molar-refractivity contribution is 0.274. The number of imidazole rings is 1. The van der Waals surface area contributed by atoms with Gasteiger partial charge in [0.2, 0.25) is 0 Å². The van der Waals surface area contributed by atoms with Crippen molar-refractivity contribution in [3.8, 4) is 0 Å². The van der Waals surface area contributed by atoms with Gasteiger partial charge in [-0.2, -0.15) is 0 Å². The Labute approximate surface area is 128 Å². The molecule has 0 amide bonds. The quantitative estimate of drug-likeness (QED) is 0.935. The van der Waals surface area contributed by atoms with Crippen molar-refractivity contribution in [2.24, 2.45) is 0 Å². The van der Waals surface area contributed by atoms with Crippen LogP contribution < -0.4 is 5.32 Å². The van der Waals surface area contributed by atoms with Gasteiger partial charge in [-0.1, -0.05) is 15.9 Å². The van der Waals surface area contributed by atoms with Crippen LogP contribution in [0, 0.1) is 0 Å². The van der Waals surface area contributed by atoms with Crippen LogP contribution in [-0.4, -0.2) is 40.6 Å². The molecule has 0 bridgehead atoms. The van der Waals surface area contributed by atoms with E-state index in [4.69, 9.17) is 4.98 Å². The summed E-state index contributed by atoms with van der Waals surface area (Å²) in [6, 6.07) is 6.36. The van der Waals surface area contributed by atoms with E-state index in [1.54, 1.807) is 0 Å². The van der Waals surface area contributed by atoms with Crippen LogP contribution in [0.1, 0.15) is 19.2 Å². The van der Waals surface area contributed by atoms with Crippen LogP contribution >= 0.6 is 15.9 Å². The zero-order valence-corrected chi connectivity index (χ0v) is 13.5. The summed E-state index contributed by atoms with van der Waals surface area (Å²) in [6.45, 7) is 8.59. The molecule has 1 N–H and O–H groups in total. The molecule has 1 fully saturated rings. The second-order valence-corrected chi connectivity index (χ2v) is 6.20. The van der Waals surface area contributed by atoms with Gasteiger partial charge in [0.05, 0.1) is 17.6 Å². The Morgan fingerprint density at radius 3 is 3.05 bits per heavy atom. The fourth-order valence-electron chi connectivity index (χ4n) is 2.89. The minimum absolute atomic E-state index is 0.946. The van der Waals surface area contributed by atoms with Gasteiger partial charge in [-0.3, -0.25) is 4.90 Å². The molecule has 0 atom stereocenters. The highest BCUT2D eigenvalue weighted by atomic mass is 79.9. The Morgan fingerprint density at radius 1 is 1.30 bits per heavy atom. The smallest absolute Gasteiger partial charge is 0.124 e. The fraction of sp³-hybridized carbons (Fsp3) is 0.533. The van der Waals surface area contributed by atoms with Crippen molar-refractivity contribution in [3.63, 3.8) is 0 Å². The zero-order chi connectivity index (χ0) is 13.9. The molecule has 0 radical (unpaired) electrons. The van der Waals surface area contributed by atoms with E-state index in [-0.39, 0.29) is 0 Å². The largest absolute Gasteiger partial charge is 0.327 e. The highest BCUT2D eigenvalue weighted by Gasteiger charge is 2.15. The summed E-state index contributed by atoms with van der Waals surface area (Å²) in [5.74, 6) is 1.18. The molecular formula is C15H21BrN4. The van der Waals surface area contributed by atoms with Gasteiger partial charge in [-0.05, 0) is 44.6 Å². The minimum Gasteiger partial charge on any atom is -0.327 e. The maximum Gasteiger partial charge on any atom is 0.124 e. The number of halogens is 1. The van der Waals surface area contributed by atoms with Crippen molar-refractivity contribution >= 4 is 27.0 Å². The van der Waals surface area contributed by atoms with Crippen molar-refractivity contribution in [2.75, 3.05) is 26.2 Å². The van der Waals surface area contributed by atoms with Crippen molar-refractivity contribution < 1.29 is 0 Å². The van der Waals surface area contributed by atoms with E-state index in [1.165, 1.54) is 17.8 Å². The van der Waals surface area contributed by atoms with E-state index in [0.29, 0.717) is 0 Å². The number of aryl methyl sites for hydroxylation is 1. The zero-order valence-electron chi connectivity index (χ0n) is 11.9. The van der Waals surface area contributed by atoms with Gasteiger partial charge in [-0.25, -0.2) is 4.98 Å². The average molecular weight is 337 g/mol. The van der Waals surface area contributed by atoms with Crippen molar-refractivity contribution in [3.05, 3.63) is 28.5 Å². The van der Waals surface area contributed by atoms with Crippen molar-refractivity contribution in [1.29, 1.82) is 0 Å². The third kappa shape index (κ3) is 2.90. The number of nitrogens with one attached hydrogen (secondary N) is 1. The number of nitrogens with zero attached hydrogens (tertiary/aromatic N) is 3. The first kappa shape index (κ1) is 14.0. The minimum atomic E-state index is 0.946. The van der Waals surface area contributed by atoms with E-state index in [9.17, 15) is 0 Å². The summed E-state index contributed by atoms with van der Waals surface area (Å²) in [6.07, 6.45) is 1.22. The van der Waals surface area contributed by atoms with E-state index >= 15 is 0 Å². The van der Waals surface area contributed by atoms with Gasteiger partial charge in [-0.15, -0.1) is 0 Å². The van der Waals surface area contributed by atoms with Crippen LogP contribution in [0.5, 0.6) is 0 Å². The first-order valence-corrected chi connectivity index (χ1v) is 8.15. The Hall–Kier alpha value is -0.910. The summed E-state index contributed by atoms with van der Waals surface area (Å²) >= 11 is 3.53. The highest BCUT2D eigenvalue weighted by molar-refractivity contribution is 9.10. The molecule has 0 saturated carbocycles.